The van der Waals surface area contributed by atoms with E-state index >= 15 is 0 Å². The molecular weight excluding hydrogens is 582 g/mol. The van der Waals surface area contributed by atoms with Gasteiger partial charge in [-0.25, -0.2) is 12.8 Å². The first-order valence-corrected chi connectivity index (χ1v) is 14.6. The van der Waals surface area contributed by atoms with Gasteiger partial charge in [-0.1, -0.05) is 36.5 Å². The van der Waals surface area contributed by atoms with E-state index in [9.17, 15) is 35.9 Å². The fraction of sp³-hybridized carbons (Fsp3) is 0.357. The summed E-state index contributed by atoms with van der Waals surface area (Å²) >= 11 is 5.30. The van der Waals surface area contributed by atoms with Crippen molar-refractivity contribution < 1.29 is 35.9 Å². The smallest absolute Gasteiger partial charge is 0.376 e. The number of aliphatic hydroxyl groups is 1. The quantitative estimate of drug-likeness (QED) is 0.362. The number of anilines is 2. The minimum Gasteiger partial charge on any atom is -0.376 e. The van der Waals surface area contributed by atoms with Crippen LogP contribution in [0.15, 0.2) is 71.7 Å². The number of hydrogen-bond acceptors (Lipinski definition) is 6. The number of benzene rings is 2. The van der Waals surface area contributed by atoms with Gasteiger partial charge in [0.25, 0.3) is 0 Å². The van der Waals surface area contributed by atoms with Crippen LogP contribution in [0.2, 0.25) is 0 Å². The van der Waals surface area contributed by atoms with Gasteiger partial charge in [-0.15, -0.1) is 0 Å². The summed E-state index contributed by atoms with van der Waals surface area (Å²) in [5.74, 6) is -0.858. The third-order valence-electron chi connectivity index (χ3n) is 7.25. The molecule has 1 N–H and O–H groups in total. The fourth-order valence-corrected chi connectivity index (χ4v) is 6.89. The summed E-state index contributed by atoms with van der Waals surface area (Å²) in [6, 6.07) is 9.82. The molecule has 1 aliphatic carbocycles. The molecule has 1 aliphatic heterocycles. The number of rotatable bonds is 7. The van der Waals surface area contributed by atoms with Crippen molar-refractivity contribution in [2.75, 3.05) is 36.0 Å². The molecule has 7 nitrogen and oxygen atoms in total. The number of amides is 1. The van der Waals surface area contributed by atoms with Gasteiger partial charge in [0.1, 0.15) is 5.82 Å². The number of nitrogens with zero attached hydrogens (tertiary/aromatic N) is 3. The van der Waals surface area contributed by atoms with Crippen LogP contribution >= 0.6 is 12.2 Å². The Morgan fingerprint density at radius 1 is 1.10 bits per heavy atom. The number of halogens is 4. The lowest BCUT2D eigenvalue weighted by Gasteiger charge is -2.44. The number of thiocarbonyl (C=S) groups is 1. The minimum atomic E-state index is -4.89. The van der Waals surface area contributed by atoms with Crippen molar-refractivity contribution >= 4 is 44.4 Å². The Morgan fingerprint density at radius 2 is 1.73 bits per heavy atom. The van der Waals surface area contributed by atoms with Gasteiger partial charge in [0.05, 0.1) is 10.9 Å². The van der Waals surface area contributed by atoms with Crippen molar-refractivity contribution in [3.63, 3.8) is 0 Å². The molecule has 4 rings (SSSR count). The highest BCUT2D eigenvalue weighted by Crippen LogP contribution is 2.39. The molecule has 2 atom stereocenters. The monoisotopic (exact) mass is 611 g/mol. The van der Waals surface area contributed by atoms with Crippen LogP contribution in [0.4, 0.5) is 28.9 Å². The fourth-order valence-electron chi connectivity index (χ4n) is 4.82. The minimum absolute atomic E-state index is 0.00159. The number of carbonyl (C=O) groups excluding carboxylic acids is 1. The van der Waals surface area contributed by atoms with E-state index in [0.717, 1.165) is 0 Å². The van der Waals surface area contributed by atoms with Crippen LogP contribution in [0.1, 0.15) is 25.8 Å². The van der Waals surface area contributed by atoms with Crippen molar-refractivity contribution in [1.29, 1.82) is 0 Å². The van der Waals surface area contributed by atoms with E-state index in [1.54, 1.807) is 12.2 Å². The molecule has 0 saturated carbocycles. The van der Waals surface area contributed by atoms with Crippen LogP contribution in [0.3, 0.4) is 0 Å². The molecule has 0 bridgehead atoms. The van der Waals surface area contributed by atoms with E-state index < -0.39 is 33.7 Å². The predicted molar refractivity (Wildman–Crippen MR) is 153 cm³/mol. The molecule has 0 radical (unpaired) electrons. The van der Waals surface area contributed by atoms with Crippen molar-refractivity contribution in [1.82, 2.24) is 4.31 Å². The third-order valence-corrected chi connectivity index (χ3v) is 9.72. The highest BCUT2D eigenvalue weighted by atomic mass is 32.2. The Labute approximate surface area is 241 Å². The number of piperazine rings is 1. The van der Waals surface area contributed by atoms with Gasteiger partial charge >= 0.3 is 6.18 Å². The molecule has 2 aromatic carbocycles. The van der Waals surface area contributed by atoms with Gasteiger partial charge in [0, 0.05) is 55.8 Å². The zero-order valence-corrected chi connectivity index (χ0v) is 23.9. The Bertz CT molecular complexity index is 1470. The lowest BCUT2D eigenvalue weighted by molar-refractivity contribution is -0.258. The molecular formula is C28H29F4N3O4S2. The number of hydrogen-bond donors (Lipinski definition) is 1. The average molecular weight is 612 g/mol. The second kappa shape index (κ2) is 11.6. The first-order valence-electron chi connectivity index (χ1n) is 12.7. The second-order valence-corrected chi connectivity index (χ2v) is 12.4. The maximum absolute atomic E-state index is 13.6. The summed E-state index contributed by atoms with van der Waals surface area (Å²) in [7, 11) is -3.98. The van der Waals surface area contributed by atoms with Crippen molar-refractivity contribution in [3.8, 4) is 0 Å². The van der Waals surface area contributed by atoms with Crippen LogP contribution in [0.25, 0.3) is 0 Å². The van der Waals surface area contributed by atoms with Crippen LogP contribution in [0, 0.1) is 5.82 Å². The van der Waals surface area contributed by atoms with E-state index in [1.165, 1.54) is 70.7 Å². The molecule has 2 aromatic rings. The molecule has 0 aromatic heterocycles. The topological polar surface area (TPSA) is 81.2 Å². The van der Waals surface area contributed by atoms with E-state index in [-0.39, 0.29) is 47.4 Å². The molecule has 41 heavy (non-hydrogen) atoms. The van der Waals surface area contributed by atoms with Crippen molar-refractivity contribution in [2.24, 2.45) is 0 Å². The van der Waals surface area contributed by atoms with Crippen LogP contribution < -0.4 is 9.80 Å². The Hall–Kier alpha value is -3.13. The van der Waals surface area contributed by atoms with Crippen LogP contribution in [-0.2, 0) is 20.4 Å². The van der Waals surface area contributed by atoms with E-state index in [1.807, 2.05) is 4.90 Å². The molecule has 1 fully saturated rings. The van der Waals surface area contributed by atoms with Gasteiger partial charge in [-0.3, -0.25) is 4.79 Å². The zero-order chi connectivity index (χ0) is 30.2. The maximum atomic E-state index is 13.6. The zero-order valence-electron chi connectivity index (χ0n) is 22.3. The lowest BCUT2D eigenvalue weighted by Crippen LogP contribution is -2.59. The third kappa shape index (κ3) is 6.37. The normalized spacial score (nSPS) is 20.0. The molecule has 1 heterocycles. The van der Waals surface area contributed by atoms with Gasteiger partial charge in [-0.05, 0) is 55.0 Å². The molecule has 1 amide bonds. The Balaban J connectivity index is 1.69. The van der Waals surface area contributed by atoms with Crippen molar-refractivity contribution in [2.45, 2.75) is 38.1 Å². The molecule has 13 heteroatoms. The summed E-state index contributed by atoms with van der Waals surface area (Å²) in [6.07, 6.45) is 0.266. The maximum Gasteiger partial charge on any atom is 0.421 e. The molecule has 0 spiro atoms. The summed E-state index contributed by atoms with van der Waals surface area (Å²) in [4.78, 5) is 16.2. The lowest BCUT2D eigenvalue weighted by atomic mass is 9.95. The van der Waals surface area contributed by atoms with Crippen molar-refractivity contribution in [3.05, 3.63) is 83.0 Å². The molecule has 1 saturated heterocycles. The molecule has 220 valence electrons. The number of carbonyl (C=O) groups is 1. The van der Waals surface area contributed by atoms with Gasteiger partial charge in [0.2, 0.25) is 15.9 Å². The summed E-state index contributed by atoms with van der Waals surface area (Å²) in [5, 5.41) is 10.1. The van der Waals surface area contributed by atoms with E-state index in [4.69, 9.17) is 12.2 Å². The van der Waals surface area contributed by atoms with Crippen LogP contribution in [0.5, 0.6) is 0 Å². The number of alkyl halides is 3. The summed E-state index contributed by atoms with van der Waals surface area (Å²) < 4.78 is 82.2. The highest BCUT2D eigenvalue weighted by molar-refractivity contribution is 7.96. The summed E-state index contributed by atoms with van der Waals surface area (Å²) in [6.45, 7) is 2.15. The predicted octanol–water partition coefficient (Wildman–Crippen LogP) is 4.68. The Kier molecular flexibility index (Phi) is 8.74. The average Bonchev–Trinajstić information content (AvgIpc) is 2.91. The van der Waals surface area contributed by atoms with Gasteiger partial charge in [0.15, 0.2) is 5.60 Å². The van der Waals surface area contributed by atoms with E-state index in [0.29, 0.717) is 24.7 Å². The summed E-state index contributed by atoms with van der Waals surface area (Å²) in [5.41, 5.74) is -2.54. The standard InChI is InChI=1S/C28H29F4N3O4S2/c1-19(36)35(23-13-9-21(29)10-14-23)18-24-17-33(41(38,39)26-6-4-3-5-25(26)40)15-16-34(24)22-11-7-20(8-12-22)27(2,37)28(30,31)32/h3-4,6-14,24,37H,5,15-18H2,1-2H3/t24-,27-/m1/s1. The highest BCUT2D eigenvalue weighted by Gasteiger charge is 2.51. The Morgan fingerprint density at radius 3 is 2.29 bits per heavy atom. The van der Waals surface area contributed by atoms with Gasteiger partial charge < -0.3 is 14.9 Å². The second-order valence-electron chi connectivity index (χ2n) is 10.0. The largest absolute Gasteiger partial charge is 0.421 e. The van der Waals surface area contributed by atoms with Crippen LogP contribution in [-0.4, -0.2) is 67.0 Å². The first-order chi connectivity index (χ1) is 19.1. The number of sulfonamides is 1. The SMILES string of the molecule is CC(=O)N(C[C@H]1CN(S(=O)(=O)C2=CC=CCC2=S)CCN1c1ccc([C@@](C)(O)C(F)(F)F)cc1)c1ccc(F)cc1. The number of allylic oxidation sites excluding steroid dienone is 4. The van der Waals surface area contributed by atoms with E-state index in [2.05, 4.69) is 0 Å². The van der Waals surface area contributed by atoms with Gasteiger partial charge in [-0.2, -0.15) is 17.5 Å². The first kappa shape index (κ1) is 30.8. The molecule has 2 aliphatic rings. The molecule has 0 unspecified atom stereocenters.